The van der Waals surface area contributed by atoms with E-state index in [2.05, 4.69) is 61.4 Å². The third kappa shape index (κ3) is 3.97. The van der Waals surface area contributed by atoms with E-state index in [0.29, 0.717) is 0 Å². The molecule has 0 aromatic heterocycles. The molecule has 0 radical (unpaired) electrons. The summed E-state index contributed by atoms with van der Waals surface area (Å²) in [7, 11) is 0. The molecule has 0 bridgehead atoms. The van der Waals surface area contributed by atoms with Gasteiger partial charge in [-0.1, -0.05) is 12.1 Å². The van der Waals surface area contributed by atoms with Gasteiger partial charge < -0.3 is 15.5 Å². The van der Waals surface area contributed by atoms with Crippen LogP contribution >= 0.6 is 0 Å². The average Bonchev–Trinajstić information content (AvgIpc) is 2.39. The summed E-state index contributed by atoms with van der Waals surface area (Å²) in [6, 6.07) is 6.41. The summed E-state index contributed by atoms with van der Waals surface area (Å²) in [4.78, 5) is 14.0. The van der Waals surface area contributed by atoms with E-state index in [1.807, 2.05) is 6.92 Å². The van der Waals surface area contributed by atoms with Crippen LogP contribution in [-0.4, -0.2) is 30.6 Å². The Hall–Kier alpha value is -1.55. The molecule has 1 amide bonds. The van der Waals surface area contributed by atoms with Gasteiger partial charge >= 0.3 is 0 Å². The first kappa shape index (κ1) is 15.8. The van der Waals surface area contributed by atoms with E-state index < -0.39 is 0 Å². The van der Waals surface area contributed by atoms with Crippen molar-refractivity contribution >= 4 is 11.6 Å². The van der Waals surface area contributed by atoms with Crippen molar-refractivity contribution in [3.05, 3.63) is 29.3 Å². The van der Waals surface area contributed by atoms with Crippen LogP contribution in [0.1, 0.15) is 38.8 Å². The van der Waals surface area contributed by atoms with Crippen molar-refractivity contribution in [1.82, 2.24) is 10.6 Å². The molecule has 2 N–H and O–H groups in total. The standard InChI is InChI=1S/C17H27N3O/c1-12-10-14(11-19-17(3,4)5)6-7-15(12)20-9-8-18-16(21)13(20)2/h6-7,10,13,19H,8-9,11H2,1-5H3,(H,18,21). The lowest BCUT2D eigenvalue weighted by atomic mass is 10.0. The molecular weight excluding hydrogens is 262 g/mol. The van der Waals surface area contributed by atoms with E-state index in [0.717, 1.165) is 25.3 Å². The molecule has 0 spiro atoms. The number of carbonyl (C=O) groups is 1. The molecule has 4 nitrogen and oxygen atoms in total. The predicted molar refractivity (Wildman–Crippen MR) is 87.6 cm³/mol. The van der Waals surface area contributed by atoms with Crippen molar-refractivity contribution < 1.29 is 4.79 Å². The second kappa shape index (κ2) is 6.06. The maximum Gasteiger partial charge on any atom is 0.242 e. The van der Waals surface area contributed by atoms with Gasteiger partial charge in [-0.15, -0.1) is 0 Å². The summed E-state index contributed by atoms with van der Waals surface area (Å²) in [5.74, 6) is 0.110. The van der Waals surface area contributed by atoms with Crippen LogP contribution in [0.25, 0.3) is 0 Å². The summed E-state index contributed by atoms with van der Waals surface area (Å²) >= 11 is 0. The Morgan fingerprint density at radius 3 is 2.71 bits per heavy atom. The van der Waals surface area contributed by atoms with Gasteiger partial charge in [0, 0.05) is 30.9 Å². The number of hydrogen-bond donors (Lipinski definition) is 2. The minimum Gasteiger partial charge on any atom is -0.358 e. The van der Waals surface area contributed by atoms with E-state index in [1.165, 1.54) is 11.1 Å². The Bertz CT molecular complexity index is 519. The molecule has 0 aliphatic carbocycles. The lowest BCUT2D eigenvalue weighted by Crippen LogP contribution is -2.54. The highest BCUT2D eigenvalue weighted by Crippen LogP contribution is 2.24. The number of piperazine rings is 1. The van der Waals surface area contributed by atoms with Crippen molar-refractivity contribution in [3.8, 4) is 0 Å². The highest BCUT2D eigenvalue weighted by Gasteiger charge is 2.26. The minimum atomic E-state index is -0.101. The second-order valence-electron chi connectivity index (χ2n) is 6.88. The van der Waals surface area contributed by atoms with Gasteiger partial charge in [0.05, 0.1) is 0 Å². The highest BCUT2D eigenvalue weighted by atomic mass is 16.2. The van der Waals surface area contributed by atoms with Gasteiger partial charge in [-0.3, -0.25) is 4.79 Å². The maximum atomic E-state index is 11.8. The van der Waals surface area contributed by atoms with Crippen molar-refractivity contribution in [2.24, 2.45) is 0 Å². The van der Waals surface area contributed by atoms with Crippen LogP contribution in [-0.2, 0) is 11.3 Å². The van der Waals surface area contributed by atoms with Crippen molar-refractivity contribution in [2.45, 2.75) is 52.7 Å². The summed E-state index contributed by atoms with van der Waals surface area (Å²) < 4.78 is 0. The molecule has 1 aromatic carbocycles. The topological polar surface area (TPSA) is 44.4 Å². The smallest absolute Gasteiger partial charge is 0.242 e. The molecule has 0 saturated carbocycles. The third-order valence-corrected chi connectivity index (χ3v) is 3.89. The molecule has 1 aliphatic rings. The Balaban J connectivity index is 2.13. The van der Waals surface area contributed by atoms with Crippen LogP contribution in [0.2, 0.25) is 0 Å². The summed E-state index contributed by atoms with van der Waals surface area (Å²) in [5.41, 5.74) is 3.79. The molecular formula is C17H27N3O. The fraction of sp³-hybridized carbons (Fsp3) is 0.588. The highest BCUT2D eigenvalue weighted by molar-refractivity contribution is 5.86. The summed E-state index contributed by atoms with van der Waals surface area (Å²) in [6.07, 6.45) is 0. The molecule has 1 aromatic rings. The van der Waals surface area contributed by atoms with E-state index in [9.17, 15) is 4.79 Å². The van der Waals surface area contributed by atoms with Crippen LogP contribution in [0.5, 0.6) is 0 Å². The average molecular weight is 289 g/mol. The first-order valence-electron chi connectivity index (χ1n) is 7.67. The number of aryl methyl sites for hydroxylation is 1. The van der Waals surface area contributed by atoms with E-state index in [1.54, 1.807) is 0 Å². The normalized spacial score (nSPS) is 19.6. The Kier molecular flexibility index (Phi) is 4.57. The number of hydrogen-bond acceptors (Lipinski definition) is 3. The van der Waals surface area contributed by atoms with Gasteiger partial charge in [-0.2, -0.15) is 0 Å². The van der Waals surface area contributed by atoms with Crippen LogP contribution in [0.3, 0.4) is 0 Å². The van der Waals surface area contributed by atoms with Crippen molar-refractivity contribution in [3.63, 3.8) is 0 Å². The summed E-state index contributed by atoms with van der Waals surface area (Å²) in [5, 5.41) is 6.41. The number of carbonyl (C=O) groups excluding carboxylic acids is 1. The lowest BCUT2D eigenvalue weighted by molar-refractivity contribution is -0.122. The molecule has 21 heavy (non-hydrogen) atoms. The zero-order chi connectivity index (χ0) is 15.6. The van der Waals surface area contributed by atoms with Crippen LogP contribution in [0.4, 0.5) is 5.69 Å². The molecule has 2 rings (SSSR count). The molecule has 1 aliphatic heterocycles. The number of nitrogens with zero attached hydrogens (tertiary/aromatic N) is 1. The Morgan fingerprint density at radius 1 is 1.38 bits per heavy atom. The minimum absolute atomic E-state index is 0.101. The third-order valence-electron chi connectivity index (χ3n) is 3.89. The van der Waals surface area contributed by atoms with Gasteiger partial charge in [0.15, 0.2) is 0 Å². The zero-order valence-electron chi connectivity index (χ0n) is 13.8. The first-order valence-corrected chi connectivity index (χ1v) is 7.67. The van der Waals surface area contributed by atoms with E-state index in [-0.39, 0.29) is 17.5 Å². The molecule has 1 unspecified atom stereocenters. The molecule has 1 saturated heterocycles. The fourth-order valence-electron chi connectivity index (χ4n) is 2.63. The van der Waals surface area contributed by atoms with Crippen LogP contribution in [0, 0.1) is 6.92 Å². The van der Waals surface area contributed by atoms with Gasteiger partial charge in [-0.05, 0) is 51.8 Å². The SMILES string of the molecule is Cc1cc(CNC(C)(C)C)ccc1N1CCNC(=O)C1C. The predicted octanol–water partition coefficient (Wildman–Crippen LogP) is 2.21. The number of amides is 1. The summed E-state index contributed by atoms with van der Waals surface area (Å²) in [6.45, 7) is 13.0. The maximum absolute atomic E-state index is 11.8. The molecule has 4 heteroatoms. The van der Waals surface area contributed by atoms with Gasteiger partial charge in [0.1, 0.15) is 6.04 Å². The molecule has 116 valence electrons. The van der Waals surface area contributed by atoms with E-state index in [4.69, 9.17) is 0 Å². The number of nitrogens with one attached hydrogen (secondary N) is 2. The second-order valence-corrected chi connectivity index (χ2v) is 6.88. The number of benzene rings is 1. The Morgan fingerprint density at radius 2 is 2.10 bits per heavy atom. The van der Waals surface area contributed by atoms with Crippen LogP contribution < -0.4 is 15.5 Å². The molecule has 1 heterocycles. The van der Waals surface area contributed by atoms with Gasteiger partial charge in [0.2, 0.25) is 5.91 Å². The van der Waals surface area contributed by atoms with Crippen molar-refractivity contribution in [2.75, 3.05) is 18.0 Å². The van der Waals surface area contributed by atoms with Crippen LogP contribution in [0.15, 0.2) is 18.2 Å². The molecule has 1 atom stereocenters. The first-order chi connectivity index (χ1) is 9.78. The Labute approximate surface area is 127 Å². The quantitative estimate of drug-likeness (QED) is 0.896. The van der Waals surface area contributed by atoms with Gasteiger partial charge in [-0.25, -0.2) is 0 Å². The molecule has 1 fully saturated rings. The fourth-order valence-corrected chi connectivity index (χ4v) is 2.63. The van der Waals surface area contributed by atoms with E-state index >= 15 is 0 Å². The monoisotopic (exact) mass is 289 g/mol. The van der Waals surface area contributed by atoms with Crippen molar-refractivity contribution in [1.29, 1.82) is 0 Å². The number of rotatable bonds is 3. The largest absolute Gasteiger partial charge is 0.358 e. The number of anilines is 1. The van der Waals surface area contributed by atoms with Gasteiger partial charge in [0.25, 0.3) is 0 Å². The zero-order valence-corrected chi connectivity index (χ0v) is 13.8. The lowest BCUT2D eigenvalue weighted by Gasteiger charge is -2.35.